The van der Waals surface area contributed by atoms with E-state index in [1.165, 1.54) is 11.6 Å². The van der Waals surface area contributed by atoms with Crippen molar-refractivity contribution in [3.8, 4) is 0 Å². The van der Waals surface area contributed by atoms with E-state index >= 15 is 0 Å². The van der Waals surface area contributed by atoms with Gasteiger partial charge < -0.3 is 31.6 Å². The first-order valence-corrected chi connectivity index (χ1v) is 13.8. The van der Waals surface area contributed by atoms with Gasteiger partial charge in [0.25, 0.3) is 11.8 Å². The number of thiazole rings is 1. The number of carbonyl (C=O) groups is 3. The minimum absolute atomic E-state index is 0.0460. The molecule has 18 nitrogen and oxygen atoms in total. The van der Waals surface area contributed by atoms with Crippen LogP contribution >= 0.6 is 11.3 Å². The van der Waals surface area contributed by atoms with Gasteiger partial charge in [-0.25, -0.2) is 14.1 Å². The fraction of sp³-hybridized carbons (Fsp3) is 0.526. The highest BCUT2D eigenvalue weighted by molar-refractivity contribution is 7.84. The number of carbonyl (C=O) groups excluding carboxylic acids is 2. The van der Waals surface area contributed by atoms with Crippen LogP contribution in [-0.2, 0) is 42.6 Å². The molecule has 0 aromatic carbocycles. The van der Waals surface area contributed by atoms with Crippen LogP contribution in [0, 0.1) is 0 Å². The molecule has 2 fully saturated rings. The predicted molar refractivity (Wildman–Crippen MR) is 134 cm³/mol. The number of likely N-dealkylation sites (N-methyl/N-ethyl adjacent to an activating group) is 1. The molecule has 39 heavy (non-hydrogen) atoms. The number of nitrogen functional groups attached to an aromatic ring is 1. The third-order valence-electron chi connectivity index (χ3n) is 5.88. The van der Waals surface area contributed by atoms with Crippen LogP contribution in [-0.4, -0.2) is 104 Å². The zero-order valence-electron chi connectivity index (χ0n) is 20.5. The first-order chi connectivity index (χ1) is 18.4. The molecular formula is C19H26N10O8S2. The quantitative estimate of drug-likeness (QED) is 0.0429. The average Bonchev–Trinajstić information content (AvgIpc) is 3.33. The van der Waals surface area contributed by atoms with Crippen molar-refractivity contribution in [2.45, 2.75) is 43.6 Å². The molecule has 2 aliphatic rings. The molecule has 1 aliphatic heterocycles. The van der Waals surface area contributed by atoms with E-state index < -0.39 is 51.5 Å². The minimum Gasteiger partial charge on any atom is -0.478 e. The highest BCUT2D eigenvalue weighted by Crippen LogP contribution is 2.40. The van der Waals surface area contributed by atoms with Crippen LogP contribution in [0.25, 0.3) is 0 Å². The molecule has 2 aromatic heterocycles. The van der Waals surface area contributed by atoms with Gasteiger partial charge in [-0.2, -0.15) is 23.4 Å². The highest BCUT2D eigenvalue weighted by Gasteiger charge is 2.56. The van der Waals surface area contributed by atoms with Crippen LogP contribution in [0.5, 0.6) is 0 Å². The molecule has 7 N–H and O–H groups in total. The fourth-order valence-corrected chi connectivity index (χ4v) is 5.06. The van der Waals surface area contributed by atoms with Crippen LogP contribution in [0.4, 0.5) is 5.13 Å². The van der Waals surface area contributed by atoms with Crippen LogP contribution in [0.1, 0.15) is 24.2 Å². The Morgan fingerprint density at radius 3 is 2.69 bits per heavy atom. The number of hydrogen-bond donors (Lipinski definition) is 6. The van der Waals surface area contributed by atoms with Gasteiger partial charge in [-0.15, -0.1) is 11.3 Å². The predicted octanol–water partition coefficient (Wildman–Crippen LogP) is -2.84. The molecule has 212 valence electrons. The molecule has 1 aliphatic carbocycles. The molecule has 4 rings (SSSR count). The third-order valence-corrected chi connectivity index (χ3v) is 7.50. The van der Waals surface area contributed by atoms with E-state index in [1.807, 2.05) is 7.05 Å². The number of nitrogens with one attached hydrogen (secondary N) is 3. The van der Waals surface area contributed by atoms with E-state index in [4.69, 9.17) is 10.6 Å². The van der Waals surface area contributed by atoms with Crippen molar-refractivity contribution in [2.75, 3.05) is 25.9 Å². The second-order valence-electron chi connectivity index (χ2n) is 8.70. The van der Waals surface area contributed by atoms with Crippen LogP contribution in [0.15, 0.2) is 16.7 Å². The van der Waals surface area contributed by atoms with Crippen molar-refractivity contribution in [3.05, 3.63) is 23.0 Å². The zero-order valence-corrected chi connectivity index (χ0v) is 22.1. The summed E-state index contributed by atoms with van der Waals surface area (Å²) >= 11 is 0.979. The van der Waals surface area contributed by atoms with E-state index in [2.05, 4.69) is 36.3 Å². The summed E-state index contributed by atoms with van der Waals surface area (Å²) < 4.78 is 33.5. The number of β-lactam (4-membered cyclic amide) rings is 1. The van der Waals surface area contributed by atoms with Crippen LogP contribution < -0.4 is 21.7 Å². The summed E-state index contributed by atoms with van der Waals surface area (Å²) in [7, 11) is -3.16. The summed E-state index contributed by atoms with van der Waals surface area (Å²) in [6.07, 6.45) is 1.80. The summed E-state index contributed by atoms with van der Waals surface area (Å²) in [4.78, 5) is 47.5. The van der Waals surface area contributed by atoms with Crippen molar-refractivity contribution in [3.63, 3.8) is 0 Å². The molecule has 0 bridgehead atoms. The lowest BCUT2D eigenvalue weighted by Gasteiger charge is -2.43. The number of hydrogen-bond acceptors (Lipinski definition) is 14. The Bertz CT molecular complexity index is 1390. The Balaban J connectivity index is 1.51. The Labute approximate surface area is 225 Å². The number of rotatable bonds is 14. The first kappa shape index (κ1) is 28.3. The normalized spacial score (nSPS) is 20.4. The maximum absolute atomic E-state index is 13.2. The lowest BCUT2D eigenvalue weighted by atomic mass is 9.98. The van der Waals surface area contributed by atoms with Gasteiger partial charge in [0, 0.05) is 37.9 Å². The van der Waals surface area contributed by atoms with Gasteiger partial charge in [-0.05, 0) is 7.05 Å². The lowest BCUT2D eigenvalue weighted by molar-refractivity contribution is -0.153. The van der Waals surface area contributed by atoms with Gasteiger partial charge in [0.2, 0.25) is 5.60 Å². The Hall–Kier alpha value is -3.72. The van der Waals surface area contributed by atoms with E-state index in [0.29, 0.717) is 18.8 Å². The number of amides is 2. The minimum atomic E-state index is -4.97. The number of nitrogens with two attached hydrogens (primary N) is 1. The van der Waals surface area contributed by atoms with Gasteiger partial charge in [-0.1, -0.05) is 5.16 Å². The lowest BCUT2D eigenvalue weighted by Crippen LogP contribution is -2.73. The van der Waals surface area contributed by atoms with E-state index in [1.54, 1.807) is 0 Å². The monoisotopic (exact) mass is 586 g/mol. The summed E-state index contributed by atoms with van der Waals surface area (Å²) in [5.41, 5.74) is 4.09. The highest BCUT2D eigenvalue weighted by atomic mass is 32.2. The molecule has 1 saturated heterocycles. The maximum Gasteiger partial charge on any atom is 0.362 e. The molecule has 2 aromatic rings. The van der Waals surface area contributed by atoms with Gasteiger partial charge in [0.05, 0.1) is 18.4 Å². The van der Waals surface area contributed by atoms with Crippen molar-refractivity contribution in [1.82, 2.24) is 40.2 Å². The number of oxime groups is 1. The molecule has 3 heterocycles. The summed E-state index contributed by atoms with van der Waals surface area (Å²) in [6, 6.07) is -2.72. The van der Waals surface area contributed by atoms with E-state index in [-0.39, 0.29) is 34.5 Å². The SMILES string of the molecule is CNCCNCc1cnn(C[C@@H]2[C@H](NC(=O)C(=NOC3(C(=O)O)CC3)c3csc(N)n3)C(=O)N2S(=O)(=O)O)n1. The standard InChI is InChI=1S/C19H26N10O8S2/c1-21-4-5-22-6-10-7-23-28(26-10)8-12-14(16(31)29(12)39(34,35)36)25-15(30)13(11-9-38-18(20)24-11)27-37-19(2-3-19)17(32)33/h7,9,12,14,21-22H,2-6,8H2,1H3,(H2,20,24)(H,25,30)(H,32,33)(H,34,35,36)/t12-,14+/m1/s1. The van der Waals surface area contributed by atoms with E-state index in [9.17, 15) is 32.5 Å². The van der Waals surface area contributed by atoms with Crippen LogP contribution in [0.2, 0.25) is 0 Å². The van der Waals surface area contributed by atoms with Crippen molar-refractivity contribution < 1.29 is 37.3 Å². The topological polar surface area (TPSA) is 256 Å². The number of carboxylic acids is 1. The second kappa shape index (κ2) is 11.2. The number of aromatic nitrogens is 4. The van der Waals surface area contributed by atoms with Gasteiger partial charge in [0.1, 0.15) is 17.8 Å². The van der Waals surface area contributed by atoms with Crippen LogP contribution in [0.3, 0.4) is 0 Å². The molecular weight excluding hydrogens is 560 g/mol. The molecule has 2 amide bonds. The average molecular weight is 587 g/mol. The van der Waals surface area contributed by atoms with Gasteiger partial charge >= 0.3 is 16.3 Å². The molecule has 2 atom stereocenters. The number of nitrogens with zero attached hydrogens (tertiary/aromatic N) is 6. The van der Waals surface area contributed by atoms with Gasteiger partial charge in [-0.3, -0.25) is 14.1 Å². The van der Waals surface area contributed by atoms with Crippen molar-refractivity contribution in [2.24, 2.45) is 5.16 Å². The first-order valence-electron chi connectivity index (χ1n) is 11.5. The molecule has 0 spiro atoms. The van der Waals surface area contributed by atoms with Crippen molar-refractivity contribution >= 4 is 50.3 Å². The number of anilines is 1. The summed E-state index contributed by atoms with van der Waals surface area (Å²) in [5.74, 6) is -3.38. The molecule has 0 radical (unpaired) electrons. The molecule has 0 unspecified atom stereocenters. The largest absolute Gasteiger partial charge is 0.478 e. The zero-order chi connectivity index (χ0) is 28.4. The molecule has 20 heteroatoms. The third kappa shape index (κ3) is 6.30. The molecule has 1 saturated carbocycles. The van der Waals surface area contributed by atoms with E-state index in [0.717, 1.165) is 22.7 Å². The number of aliphatic carboxylic acids is 1. The number of carboxylic acid groups (broad SMARTS) is 1. The Kier molecular flexibility index (Phi) is 8.11. The van der Waals surface area contributed by atoms with Crippen molar-refractivity contribution in [1.29, 1.82) is 0 Å². The summed E-state index contributed by atoms with van der Waals surface area (Å²) in [5, 5.41) is 31.2. The summed E-state index contributed by atoms with van der Waals surface area (Å²) in [6.45, 7) is 1.48. The fourth-order valence-electron chi connectivity index (χ4n) is 3.64. The Morgan fingerprint density at radius 1 is 1.36 bits per heavy atom. The second-order valence-corrected chi connectivity index (χ2v) is 10.9. The smallest absolute Gasteiger partial charge is 0.362 e. The Morgan fingerprint density at radius 2 is 2.10 bits per heavy atom. The maximum atomic E-state index is 13.2. The van der Waals surface area contributed by atoms with Gasteiger partial charge in [0.15, 0.2) is 10.8 Å².